The number of benzene rings is 8. The van der Waals surface area contributed by atoms with Crippen molar-refractivity contribution in [3.8, 4) is 0 Å². The van der Waals surface area contributed by atoms with E-state index < -0.39 is 64.1 Å². The molecule has 1 fully saturated rings. The van der Waals surface area contributed by atoms with Gasteiger partial charge in [-0.05, 0) is 157 Å². The summed E-state index contributed by atoms with van der Waals surface area (Å²) in [6, 6.07) is 23.2. The molecule has 25 nitrogen and oxygen atoms in total. The fourth-order valence-electron chi connectivity index (χ4n) is 9.14. The van der Waals surface area contributed by atoms with Crippen LogP contribution < -0.4 is 33.2 Å². The second-order valence-electron chi connectivity index (χ2n) is 21.1. The molecule has 0 bridgehead atoms. The summed E-state index contributed by atoms with van der Waals surface area (Å²) >= 11 is 31.9. The molecule has 0 unspecified atom stereocenters. The molecule has 1 aliphatic rings. The maximum atomic E-state index is 14.8. The van der Waals surface area contributed by atoms with Gasteiger partial charge in [0.15, 0.2) is 16.5 Å². The van der Waals surface area contributed by atoms with Gasteiger partial charge in [-0.25, -0.2) is 84.6 Å². The first kappa shape index (κ1) is 81.2. The minimum atomic E-state index is -1.48. The maximum absolute atomic E-state index is 14.8. The molecule has 10 N–H and O–H groups in total. The van der Waals surface area contributed by atoms with Crippen LogP contribution in [0.15, 0.2) is 169 Å². The van der Waals surface area contributed by atoms with Crippen LogP contribution in [-0.4, -0.2) is 133 Å². The Kier molecular flexibility index (Phi) is 28.4. The number of ether oxygens (including phenoxy) is 1. The van der Waals surface area contributed by atoms with Crippen molar-refractivity contribution in [3.63, 3.8) is 0 Å². The minimum Gasteiger partial charge on any atom is -0.478 e. The number of primary amides is 1. The van der Waals surface area contributed by atoms with E-state index in [9.17, 15) is 65.1 Å². The van der Waals surface area contributed by atoms with Gasteiger partial charge in [0.1, 0.15) is 77.0 Å². The lowest BCUT2D eigenvalue weighted by Gasteiger charge is -2.26. The van der Waals surface area contributed by atoms with Crippen molar-refractivity contribution in [2.75, 3.05) is 45.1 Å². The highest BCUT2D eigenvalue weighted by molar-refractivity contribution is 9.11. The number of nitrogens with one attached hydrogen (secondary N) is 1. The Morgan fingerprint density at radius 2 is 0.906 bits per heavy atom. The summed E-state index contributed by atoms with van der Waals surface area (Å²) in [4.78, 5) is 76.8. The molecule has 0 aliphatic carbocycles. The van der Waals surface area contributed by atoms with Crippen LogP contribution in [0.25, 0.3) is 43.6 Å². The Bertz CT molecular complexity index is 5620. The van der Waals surface area contributed by atoms with Crippen LogP contribution >= 0.6 is 94.2 Å². The fraction of sp³-hybridized carbons (Fsp3) is 0.0909. The van der Waals surface area contributed by atoms with Crippen LogP contribution in [0.2, 0.25) is 20.2 Å². The fourth-order valence-corrected chi connectivity index (χ4v) is 10.9. The van der Waals surface area contributed by atoms with Gasteiger partial charge in [0.25, 0.3) is 5.91 Å². The Morgan fingerprint density at radius 1 is 0.509 bits per heavy atom. The highest BCUT2D eigenvalue weighted by Crippen LogP contribution is 2.29. The number of aromatic carboxylic acids is 2. The predicted molar refractivity (Wildman–Crippen MR) is 383 cm³/mol. The van der Waals surface area contributed by atoms with E-state index in [1.807, 2.05) is 0 Å². The number of morpholine rings is 1. The topological polar surface area (TPSA) is 362 Å². The lowest BCUT2D eigenvalue weighted by molar-refractivity contribution is -0.106. The average molecular weight is 1740 g/mol. The number of halogens is 15. The molecule has 0 radical (unpaired) electrons. The number of carboxylic acids is 2. The van der Waals surface area contributed by atoms with E-state index in [4.69, 9.17) is 71.9 Å². The summed E-state index contributed by atoms with van der Waals surface area (Å²) < 4.78 is 116. The Hall–Kier alpha value is -10.4. The van der Waals surface area contributed by atoms with Crippen LogP contribution in [0, 0.1) is 46.5 Å². The van der Waals surface area contributed by atoms with Gasteiger partial charge in [-0.3, -0.25) is 14.5 Å². The number of nitrogens with zero attached hydrogens (tertiary/aromatic N) is 12. The Balaban J connectivity index is 0.000000172. The lowest BCUT2D eigenvalue weighted by atomic mass is 10.1. The normalized spacial score (nSPS) is 12.3. The SMILES string of the molecule is Fc1cc2ncnc(Cl)c2cc1Br.NC=O.Nc1cc(F)c(Br)cc1C(=O)O.O=C(NCCN1CCOCC1)c1cc2c(cc1F)c(=Nc1ccc(F)c(Cl)c1)ncn2O.O=C(O)c1cc2c(cc1F)c(=Nc1ccc(F)c(Cl)c1)ncn2O.On1cnc(=Nc2ccc(F)c(Cl)c2)c2cc(F)c(Br)cc21. The number of carbonyl (C=O) groups excluding carboxylic acids is 2. The monoisotopic (exact) mass is 1740 g/mol. The van der Waals surface area contributed by atoms with Crippen molar-refractivity contribution in [3.05, 3.63) is 254 Å². The first-order chi connectivity index (χ1) is 50.3. The average Bonchev–Trinajstić information content (AvgIpc) is 0.790. The number of rotatable bonds is 9. The molecule has 0 atom stereocenters. The third-order valence-corrected chi connectivity index (χ3v) is 17.2. The Labute approximate surface area is 634 Å². The molecule has 40 heteroatoms. The summed E-state index contributed by atoms with van der Waals surface area (Å²) in [7, 11) is 0. The van der Waals surface area contributed by atoms with Gasteiger partial charge in [0, 0.05) is 59.5 Å². The number of hydrogen-bond donors (Lipinski definition) is 8. The number of nitrogens with two attached hydrogens (primary N) is 2. The van der Waals surface area contributed by atoms with Gasteiger partial charge in [-0.15, -0.1) is 0 Å². The first-order valence-electron chi connectivity index (χ1n) is 29.4. The number of aromatic nitrogens is 8. The van der Waals surface area contributed by atoms with E-state index >= 15 is 0 Å². The van der Waals surface area contributed by atoms with E-state index in [1.165, 1.54) is 73.1 Å². The highest BCUT2D eigenvalue weighted by atomic mass is 79.9. The van der Waals surface area contributed by atoms with Crippen molar-refractivity contribution in [1.82, 2.24) is 49.3 Å². The smallest absolute Gasteiger partial charge is 0.338 e. The van der Waals surface area contributed by atoms with Crippen LogP contribution in [0.3, 0.4) is 0 Å². The van der Waals surface area contributed by atoms with E-state index in [0.717, 1.165) is 79.3 Å². The second kappa shape index (κ2) is 37.0. The number of amides is 2. The lowest BCUT2D eigenvalue weighted by Crippen LogP contribution is -2.41. The molecular formula is C66H46Br3Cl4F8N15O10. The zero-order valence-corrected chi connectivity index (χ0v) is 60.8. The van der Waals surface area contributed by atoms with E-state index in [0.29, 0.717) is 78.6 Å². The van der Waals surface area contributed by atoms with Gasteiger partial charge < -0.3 is 47.4 Å². The van der Waals surface area contributed by atoms with Crippen molar-refractivity contribution < 1.29 is 84.9 Å². The molecule has 4 aromatic heterocycles. The highest BCUT2D eigenvalue weighted by Gasteiger charge is 2.20. The van der Waals surface area contributed by atoms with Crippen molar-refractivity contribution >= 4 is 185 Å². The third-order valence-electron chi connectivity index (χ3n) is 14.2. The quantitative estimate of drug-likeness (QED) is 0.0219. The first-order valence-corrected chi connectivity index (χ1v) is 33.3. The summed E-state index contributed by atoms with van der Waals surface area (Å²) in [6.45, 7) is 3.83. The second-order valence-corrected chi connectivity index (χ2v) is 25.3. The zero-order valence-electron chi connectivity index (χ0n) is 53.1. The van der Waals surface area contributed by atoms with Crippen LogP contribution in [0.4, 0.5) is 57.9 Å². The minimum absolute atomic E-state index is 0.00393. The molecule has 12 aromatic rings. The van der Waals surface area contributed by atoms with Crippen molar-refractivity contribution in [2.24, 2.45) is 20.7 Å². The van der Waals surface area contributed by atoms with Crippen molar-refractivity contribution in [1.29, 1.82) is 0 Å². The molecule has 13 rings (SSSR count). The van der Waals surface area contributed by atoms with Gasteiger partial charge in [0.05, 0.1) is 97.5 Å². The molecule has 5 heterocycles. The summed E-state index contributed by atoms with van der Waals surface area (Å²) in [5.74, 6) is -8.27. The number of nitrogen functional groups attached to an aromatic ring is 1. The van der Waals surface area contributed by atoms with Gasteiger partial charge in [-0.2, -0.15) is 14.2 Å². The van der Waals surface area contributed by atoms with E-state index in [-0.39, 0.29) is 97.0 Å². The zero-order chi connectivity index (χ0) is 77.4. The summed E-state index contributed by atoms with van der Waals surface area (Å²) in [6.07, 6.45) is 4.74. The van der Waals surface area contributed by atoms with Gasteiger partial charge >= 0.3 is 11.9 Å². The van der Waals surface area contributed by atoms with Gasteiger partial charge in [0.2, 0.25) is 6.41 Å². The molecule has 0 saturated carbocycles. The standard InChI is InChI=1S/C21H20ClF2N5O3.C15H8ClF2N3O3.C14H7BrClF2N3O.C8H3BrClFN2.C7H5BrFNO2.CH3NO/c22-16-9-13(1-2-17(16)23)27-20-15-10-18(24)14(11-19(15)29(31)12-26-20)21(30)25-3-4-28-5-7-32-8-6-28;16-10-3-7(1-2-11(10)17)20-14-9-4-12(18)8(15(22)23)5-13(9)21(24)6-19-14;15-9-5-13-8(4-12(9)18)14(19-6-21(13)22)20-7-1-2-11(17)10(16)3-7;9-5-1-4-7(2-6(5)11)12-3-13-8(4)10;8-4-1-3(7(11)12)6(10)2-5(4)9;2-1-3/h1-2,9-12,31H,3-8H2,(H,25,30);1-6,24H,(H,22,23);1-6,22H;1-3H;1-2H,10H2,(H,11,12);1H,(H2,2,3). The molecule has 1 aliphatic heterocycles. The number of anilines is 1. The molecule has 550 valence electrons. The molecule has 106 heavy (non-hydrogen) atoms. The number of hydrogen-bond acceptors (Lipinski definition) is 18. The molecule has 1 saturated heterocycles. The summed E-state index contributed by atoms with van der Waals surface area (Å²) in [5, 5.41) is 51.0. The van der Waals surface area contributed by atoms with E-state index in [1.54, 1.807) is 6.07 Å². The van der Waals surface area contributed by atoms with Gasteiger partial charge in [-0.1, -0.05) is 46.4 Å². The number of carboxylic acid groups (broad SMARTS) is 2. The van der Waals surface area contributed by atoms with Crippen LogP contribution in [0.1, 0.15) is 31.1 Å². The van der Waals surface area contributed by atoms with Crippen LogP contribution in [-0.2, 0) is 9.53 Å². The predicted octanol–water partition coefficient (Wildman–Crippen LogP) is 14.0. The Morgan fingerprint density at radius 3 is 1.36 bits per heavy atom. The maximum Gasteiger partial charge on any atom is 0.338 e. The van der Waals surface area contributed by atoms with Crippen LogP contribution in [0.5, 0.6) is 0 Å². The molecule has 8 aromatic carbocycles. The van der Waals surface area contributed by atoms with Crippen molar-refractivity contribution in [2.45, 2.75) is 0 Å². The number of carbonyl (C=O) groups is 4. The number of fused-ring (bicyclic) bond motifs is 4. The van der Waals surface area contributed by atoms with E-state index in [2.05, 4.69) is 104 Å². The molecule has 2 amide bonds. The third kappa shape index (κ3) is 21.0. The molecular weight excluding hydrogens is 1700 g/mol. The summed E-state index contributed by atoms with van der Waals surface area (Å²) in [5.41, 5.74) is 10.5. The molecule has 0 spiro atoms. The largest absolute Gasteiger partial charge is 0.478 e.